The highest BCUT2D eigenvalue weighted by Crippen LogP contribution is 2.33. The lowest BCUT2D eigenvalue weighted by molar-refractivity contribution is -0.126. The van der Waals surface area contributed by atoms with Crippen molar-refractivity contribution in [3.63, 3.8) is 0 Å². The van der Waals surface area contributed by atoms with Gasteiger partial charge in [0.1, 0.15) is 5.56 Å². The van der Waals surface area contributed by atoms with Crippen molar-refractivity contribution in [1.29, 1.82) is 0 Å². The van der Waals surface area contributed by atoms with Crippen molar-refractivity contribution in [3.8, 4) is 17.1 Å². The van der Waals surface area contributed by atoms with Crippen LogP contribution in [0, 0.1) is 5.82 Å². The molecule has 0 saturated carbocycles. The summed E-state index contributed by atoms with van der Waals surface area (Å²) in [5, 5.41) is 6.83. The van der Waals surface area contributed by atoms with Crippen LogP contribution < -0.4 is 15.0 Å². The number of ether oxygens (including phenoxy) is 1. The van der Waals surface area contributed by atoms with E-state index in [1.807, 2.05) is 0 Å². The van der Waals surface area contributed by atoms with E-state index in [0.29, 0.717) is 17.9 Å². The van der Waals surface area contributed by atoms with E-state index >= 15 is 0 Å². The molecule has 2 amide bonds. The molecule has 0 aliphatic carbocycles. The summed E-state index contributed by atoms with van der Waals surface area (Å²) in [6.07, 6.45) is 0.241. The normalized spacial score (nSPS) is 16.6. The zero-order chi connectivity index (χ0) is 19.7. The maximum absolute atomic E-state index is 13.7. The van der Waals surface area contributed by atoms with E-state index in [2.05, 4.69) is 10.5 Å². The average Bonchev–Trinajstić information content (AvgIpc) is 3.19. The van der Waals surface area contributed by atoms with Crippen LogP contribution in [-0.2, 0) is 4.79 Å². The number of aromatic nitrogens is 1. The van der Waals surface area contributed by atoms with Crippen molar-refractivity contribution in [2.24, 2.45) is 0 Å². The van der Waals surface area contributed by atoms with Crippen LogP contribution in [0.4, 0.5) is 10.2 Å². The largest absolute Gasteiger partial charge is 0.494 e. The lowest BCUT2D eigenvalue weighted by Gasteiger charge is -2.15. The summed E-state index contributed by atoms with van der Waals surface area (Å²) in [5.41, 5.74) is 0.675. The Hall–Kier alpha value is -3.10. The first-order valence-corrected chi connectivity index (χ1v) is 8.37. The maximum atomic E-state index is 13.7. The molecule has 144 valence electrons. The molecule has 0 spiro atoms. The summed E-state index contributed by atoms with van der Waals surface area (Å²) in [4.78, 5) is 27.9. The van der Waals surface area contributed by atoms with Crippen LogP contribution >= 0.6 is 0 Å². The van der Waals surface area contributed by atoms with Crippen molar-refractivity contribution >= 4 is 17.6 Å². The number of hydrogen-bond donors (Lipinski definition) is 1. The molecule has 1 fully saturated rings. The zero-order valence-electron chi connectivity index (χ0n) is 15.6. The first-order chi connectivity index (χ1) is 12.8. The van der Waals surface area contributed by atoms with Crippen molar-refractivity contribution in [3.05, 3.63) is 29.6 Å². The molecular weight excluding hydrogens is 355 g/mol. The highest BCUT2D eigenvalue weighted by Gasteiger charge is 2.32. The van der Waals surface area contributed by atoms with Gasteiger partial charge in [-0.15, -0.1) is 0 Å². The van der Waals surface area contributed by atoms with Gasteiger partial charge in [0.2, 0.25) is 5.91 Å². The van der Waals surface area contributed by atoms with Gasteiger partial charge in [-0.3, -0.25) is 9.59 Å². The Kier molecular flexibility index (Phi) is 5.02. The van der Waals surface area contributed by atoms with Crippen molar-refractivity contribution < 1.29 is 23.2 Å². The lowest BCUT2D eigenvalue weighted by atomic mass is 10.1. The summed E-state index contributed by atoms with van der Waals surface area (Å²) in [5.74, 6) is -0.388. The molecule has 1 N–H and O–H groups in total. The number of nitrogens with one attached hydrogen (secondary N) is 1. The topological polar surface area (TPSA) is 87.9 Å². The first-order valence-electron chi connectivity index (χ1n) is 8.37. The predicted molar refractivity (Wildman–Crippen MR) is 96.3 cm³/mol. The second-order valence-corrected chi connectivity index (χ2v) is 6.60. The molecule has 1 unspecified atom stereocenters. The summed E-state index contributed by atoms with van der Waals surface area (Å²) < 4.78 is 24.1. The number of carbonyl (C=O) groups excluding carboxylic acids is 2. The zero-order valence-corrected chi connectivity index (χ0v) is 15.6. The fourth-order valence-electron chi connectivity index (χ4n) is 3.01. The van der Waals surface area contributed by atoms with Crippen LogP contribution in [0.25, 0.3) is 11.3 Å². The molecule has 0 bridgehead atoms. The Morgan fingerprint density at radius 2 is 2.19 bits per heavy atom. The Labute approximate surface area is 155 Å². The summed E-state index contributed by atoms with van der Waals surface area (Å²) >= 11 is 0. The number of carbonyl (C=O) groups is 2. The Morgan fingerprint density at radius 1 is 1.44 bits per heavy atom. The van der Waals surface area contributed by atoms with Crippen molar-refractivity contribution in [2.75, 3.05) is 39.7 Å². The number of anilines is 1. The number of rotatable bonds is 5. The molecule has 1 aliphatic rings. The number of methoxy groups -OCH3 is 1. The van der Waals surface area contributed by atoms with Gasteiger partial charge in [-0.1, -0.05) is 5.16 Å². The molecule has 1 aromatic carbocycles. The standard InChI is InChI=1S/C18H21FN4O4/c1-22(2)17-15(18(25)20-11-8-14(24)23(3)9-11)16(27-21-17)10-5-6-12(19)13(7-10)26-4/h5-7,11H,8-9H2,1-4H3,(H,20,25). The van der Waals surface area contributed by atoms with Gasteiger partial charge in [0.15, 0.2) is 23.1 Å². The quantitative estimate of drug-likeness (QED) is 0.851. The highest BCUT2D eigenvalue weighted by molar-refractivity contribution is 6.04. The van der Waals surface area contributed by atoms with Crippen LogP contribution in [-0.4, -0.2) is 62.7 Å². The van der Waals surface area contributed by atoms with Crippen LogP contribution in [0.1, 0.15) is 16.8 Å². The Balaban J connectivity index is 1.97. The van der Waals surface area contributed by atoms with Gasteiger partial charge < -0.3 is 24.4 Å². The van der Waals surface area contributed by atoms with E-state index in [0.717, 1.165) is 0 Å². The number of hydrogen-bond acceptors (Lipinski definition) is 6. The summed E-state index contributed by atoms with van der Waals surface area (Å²) in [6, 6.07) is 3.87. The van der Waals surface area contributed by atoms with E-state index in [1.54, 1.807) is 30.9 Å². The molecule has 8 nitrogen and oxygen atoms in total. The van der Waals surface area contributed by atoms with Gasteiger partial charge >= 0.3 is 0 Å². The number of benzene rings is 1. The van der Waals surface area contributed by atoms with Crippen LogP contribution in [0.5, 0.6) is 5.75 Å². The molecule has 2 aromatic rings. The molecule has 1 aromatic heterocycles. The fraction of sp³-hybridized carbons (Fsp3) is 0.389. The Morgan fingerprint density at radius 3 is 2.78 bits per heavy atom. The van der Waals surface area contributed by atoms with Gasteiger partial charge in [-0.05, 0) is 18.2 Å². The van der Waals surface area contributed by atoms with Gasteiger partial charge in [0.25, 0.3) is 5.91 Å². The van der Waals surface area contributed by atoms with Gasteiger partial charge in [0.05, 0.1) is 13.2 Å². The monoisotopic (exact) mass is 376 g/mol. The van der Waals surface area contributed by atoms with E-state index in [4.69, 9.17) is 9.26 Å². The lowest BCUT2D eigenvalue weighted by Crippen LogP contribution is -2.37. The number of halogens is 1. The third-order valence-electron chi connectivity index (χ3n) is 4.41. The molecule has 1 aliphatic heterocycles. The van der Waals surface area contributed by atoms with E-state index in [-0.39, 0.29) is 35.4 Å². The molecule has 27 heavy (non-hydrogen) atoms. The summed E-state index contributed by atoms with van der Waals surface area (Å²) in [7, 11) is 6.51. The second kappa shape index (κ2) is 7.26. The molecule has 0 radical (unpaired) electrons. The SMILES string of the molecule is COc1cc(-c2onc(N(C)C)c2C(=O)NC2CC(=O)N(C)C2)ccc1F. The highest BCUT2D eigenvalue weighted by atomic mass is 19.1. The molecule has 9 heteroatoms. The van der Waals surface area contributed by atoms with Gasteiger partial charge in [-0.25, -0.2) is 4.39 Å². The number of nitrogens with zero attached hydrogens (tertiary/aromatic N) is 3. The molecular formula is C18H21FN4O4. The molecule has 2 heterocycles. The second-order valence-electron chi connectivity index (χ2n) is 6.60. The van der Waals surface area contributed by atoms with E-state index in [9.17, 15) is 14.0 Å². The van der Waals surface area contributed by atoms with Crippen LogP contribution in [0.2, 0.25) is 0 Å². The number of likely N-dealkylation sites (tertiary alicyclic amines) is 1. The minimum absolute atomic E-state index is 0.0260. The van der Waals surface area contributed by atoms with E-state index in [1.165, 1.54) is 25.3 Å². The molecule has 1 atom stereocenters. The number of amides is 2. The minimum Gasteiger partial charge on any atom is -0.494 e. The van der Waals surface area contributed by atoms with Crippen molar-refractivity contribution in [2.45, 2.75) is 12.5 Å². The summed E-state index contributed by atoms with van der Waals surface area (Å²) in [6.45, 7) is 0.437. The van der Waals surface area contributed by atoms with Gasteiger partial charge in [0, 0.05) is 39.7 Å². The smallest absolute Gasteiger partial charge is 0.259 e. The van der Waals surface area contributed by atoms with Gasteiger partial charge in [-0.2, -0.15) is 0 Å². The van der Waals surface area contributed by atoms with Crippen LogP contribution in [0.3, 0.4) is 0 Å². The third-order valence-corrected chi connectivity index (χ3v) is 4.41. The maximum Gasteiger partial charge on any atom is 0.259 e. The predicted octanol–water partition coefficient (Wildman–Crippen LogP) is 1.52. The average molecular weight is 376 g/mol. The minimum atomic E-state index is -0.521. The van der Waals surface area contributed by atoms with Crippen LogP contribution in [0.15, 0.2) is 22.7 Å². The number of likely N-dealkylation sites (N-methyl/N-ethyl adjacent to an activating group) is 1. The molecule has 3 rings (SSSR count). The first kappa shape index (κ1) is 18.7. The molecule has 1 saturated heterocycles. The third kappa shape index (κ3) is 3.57. The Bertz CT molecular complexity index is 880. The fourth-order valence-corrected chi connectivity index (χ4v) is 3.01. The van der Waals surface area contributed by atoms with E-state index < -0.39 is 11.7 Å². The van der Waals surface area contributed by atoms with Crippen molar-refractivity contribution in [1.82, 2.24) is 15.4 Å².